The summed E-state index contributed by atoms with van der Waals surface area (Å²) in [6, 6.07) is 7.61. The van der Waals surface area contributed by atoms with Crippen LogP contribution in [0.5, 0.6) is 5.75 Å². The molecule has 2 rings (SSSR count). The SMILES string of the molecule is COc1cccc(CN(C(=O)CN(c2cc(C(F)(F)F)ccc2Cl)S(C)(=O)=O)[C@H](C)C(=O)NC(C)C)c1. The number of halogens is 4. The molecule has 0 aliphatic carbocycles. The predicted molar refractivity (Wildman–Crippen MR) is 135 cm³/mol. The zero-order valence-electron chi connectivity index (χ0n) is 21.0. The van der Waals surface area contributed by atoms with Crippen molar-refractivity contribution in [2.24, 2.45) is 0 Å². The first-order valence-corrected chi connectivity index (χ1v) is 13.3. The lowest BCUT2D eigenvalue weighted by Gasteiger charge is -2.32. The van der Waals surface area contributed by atoms with Crippen molar-refractivity contribution in [1.82, 2.24) is 10.2 Å². The minimum atomic E-state index is -4.77. The topological polar surface area (TPSA) is 96.0 Å². The summed E-state index contributed by atoms with van der Waals surface area (Å²) < 4.78 is 70.9. The Hall–Kier alpha value is -2.99. The first kappa shape index (κ1) is 30.2. The summed E-state index contributed by atoms with van der Waals surface area (Å²) >= 11 is 6.07. The summed E-state index contributed by atoms with van der Waals surface area (Å²) in [5.41, 5.74) is -1.06. The zero-order chi connectivity index (χ0) is 28.1. The average molecular weight is 564 g/mol. The molecule has 0 heterocycles. The van der Waals surface area contributed by atoms with Crippen LogP contribution in [0, 0.1) is 0 Å². The van der Waals surface area contributed by atoms with Gasteiger partial charge in [0.05, 0.1) is 29.6 Å². The highest BCUT2D eigenvalue weighted by molar-refractivity contribution is 7.92. The van der Waals surface area contributed by atoms with Crippen molar-refractivity contribution in [3.05, 3.63) is 58.6 Å². The standard InChI is InChI=1S/C24H29ClF3N3O5S/c1-15(2)29-23(33)16(3)30(13-17-7-6-8-19(11-17)36-4)22(32)14-31(37(5,34)35)21-12-18(24(26,27)28)9-10-20(21)25/h6-12,15-16H,13-14H2,1-5H3,(H,29,33)/t16-/m1/s1. The Balaban J connectivity index is 2.51. The molecule has 0 aliphatic heterocycles. The molecule has 1 atom stereocenters. The Labute approximate surface area is 219 Å². The number of nitrogens with one attached hydrogen (secondary N) is 1. The van der Waals surface area contributed by atoms with E-state index in [9.17, 15) is 31.2 Å². The Kier molecular flexibility index (Phi) is 9.84. The normalized spacial score (nSPS) is 12.7. The number of methoxy groups -OCH3 is 1. The molecule has 2 aromatic rings. The molecule has 0 bridgehead atoms. The van der Waals surface area contributed by atoms with E-state index in [0.717, 1.165) is 17.2 Å². The van der Waals surface area contributed by atoms with Crippen LogP contribution in [0.25, 0.3) is 0 Å². The molecule has 13 heteroatoms. The average Bonchev–Trinajstić information content (AvgIpc) is 2.79. The van der Waals surface area contributed by atoms with Gasteiger partial charge in [0.2, 0.25) is 21.8 Å². The van der Waals surface area contributed by atoms with Crippen LogP contribution in [0.2, 0.25) is 5.02 Å². The Morgan fingerprint density at radius 3 is 2.30 bits per heavy atom. The maximum atomic E-state index is 13.5. The van der Waals surface area contributed by atoms with E-state index in [4.69, 9.17) is 16.3 Å². The van der Waals surface area contributed by atoms with Gasteiger partial charge in [0.25, 0.3) is 0 Å². The smallest absolute Gasteiger partial charge is 0.416 e. The molecule has 0 spiro atoms. The molecule has 0 radical (unpaired) electrons. The fraction of sp³-hybridized carbons (Fsp3) is 0.417. The number of amides is 2. The van der Waals surface area contributed by atoms with Crippen molar-refractivity contribution in [2.45, 2.75) is 45.6 Å². The van der Waals surface area contributed by atoms with Gasteiger partial charge in [0.1, 0.15) is 18.3 Å². The highest BCUT2D eigenvalue weighted by Gasteiger charge is 2.34. The number of benzene rings is 2. The summed E-state index contributed by atoms with van der Waals surface area (Å²) in [5, 5.41) is 2.40. The number of sulfonamides is 1. The van der Waals surface area contributed by atoms with Crippen LogP contribution in [0.1, 0.15) is 31.9 Å². The van der Waals surface area contributed by atoms with Crippen LogP contribution in [0.4, 0.5) is 18.9 Å². The minimum absolute atomic E-state index is 0.101. The fourth-order valence-electron chi connectivity index (χ4n) is 3.43. The van der Waals surface area contributed by atoms with Crippen LogP contribution >= 0.6 is 11.6 Å². The third-order valence-electron chi connectivity index (χ3n) is 5.31. The first-order chi connectivity index (χ1) is 17.0. The van der Waals surface area contributed by atoms with Gasteiger partial charge in [-0.1, -0.05) is 23.7 Å². The van der Waals surface area contributed by atoms with Gasteiger partial charge < -0.3 is 15.0 Å². The van der Waals surface area contributed by atoms with Gasteiger partial charge in [-0.15, -0.1) is 0 Å². The fourth-order valence-corrected chi connectivity index (χ4v) is 4.55. The molecule has 2 amide bonds. The Morgan fingerprint density at radius 1 is 1.11 bits per heavy atom. The van der Waals surface area contributed by atoms with E-state index in [2.05, 4.69) is 5.32 Å². The third-order valence-corrected chi connectivity index (χ3v) is 6.75. The van der Waals surface area contributed by atoms with Gasteiger partial charge in [0, 0.05) is 12.6 Å². The number of hydrogen-bond donors (Lipinski definition) is 1. The molecule has 1 N–H and O–H groups in total. The summed E-state index contributed by atoms with van der Waals surface area (Å²) in [5.74, 6) is -0.819. The number of ether oxygens (including phenoxy) is 1. The van der Waals surface area contributed by atoms with Gasteiger partial charge in [-0.2, -0.15) is 13.2 Å². The number of nitrogens with zero attached hydrogens (tertiary/aromatic N) is 2. The van der Waals surface area contributed by atoms with Crippen molar-refractivity contribution in [1.29, 1.82) is 0 Å². The van der Waals surface area contributed by atoms with E-state index in [0.29, 0.717) is 27.8 Å². The number of alkyl halides is 3. The highest BCUT2D eigenvalue weighted by atomic mass is 35.5. The lowest BCUT2D eigenvalue weighted by atomic mass is 10.1. The van der Waals surface area contributed by atoms with Gasteiger partial charge in [0.15, 0.2) is 0 Å². The Morgan fingerprint density at radius 2 is 1.76 bits per heavy atom. The molecule has 2 aromatic carbocycles. The van der Waals surface area contributed by atoms with Gasteiger partial charge >= 0.3 is 6.18 Å². The maximum Gasteiger partial charge on any atom is 0.416 e. The lowest BCUT2D eigenvalue weighted by Crippen LogP contribution is -2.52. The third kappa shape index (κ3) is 8.26. The van der Waals surface area contributed by atoms with Crippen LogP contribution in [-0.4, -0.2) is 57.1 Å². The molecule has 204 valence electrons. The molecule has 0 aromatic heterocycles. The van der Waals surface area contributed by atoms with Crippen molar-refractivity contribution in [3.63, 3.8) is 0 Å². The number of rotatable bonds is 10. The van der Waals surface area contributed by atoms with Crippen molar-refractivity contribution >= 4 is 39.1 Å². The van der Waals surface area contributed by atoms with E-state index in [1.807, 2.05) is 0 Å². The molecule has 0 unspecified atom stereocenters. The molecule has 0 aliphatic rings. The molecular weight excluding hydrogens is 535 g/mol. The predicted octanol–water partition coefficient (Wildman–Crippen LogP) is 4.08. The van der Waals surface area contributed by atoms with Crippen molar-refractivity contribution in [2.75, 3.05) is 24.2 Å². The maximum absolute atomic E-state index is 13.5. The second-order valence-corrected chi connectivity index (χ2v) is 11.0. The summed E-state index contributed by atoms with van der Waals surface area (Å²) in [6.45, 7) is 3.96. The molecular formula is C24H29ClF3N3O5S. The molecule has 0 saturated heterocycles. The second kappa shape index (κ2) is 12.0. The molecule has 8 nitrogen and oxygen atoms in total. The monoisotopic (exact) mass is 563 g/mol. The van der Waals surface area contributed by atoms with E-state index in [1.54, 1.807) is 38.1 Å². The van der Waals surface area contributed by atoms with Gasteiger partial charge in [-0.3, -0.25) is 13.9 Å². The number of carbonyl (C=O) groups is 2. The van der Waals surface area contributed by atoms with E-state index < -0.39 is 51.9 Å². The zero-order valence-corrected chi connectivity index (χ0v) is 22.5. The van der Waals surface area contributed by atoms with Crippen LogP contribution in [0.3, 0.4) is 0 Å². The van der Waals surface area contributed by atoms with Crippen LogP contribution < -0.4 is 14.4 Å². The number of anilines is 1. The van der Waals surface area contributed by atoms with E-state index >= 15 is 0 Å². The number of carbonyl (C=O) groups excluding carboxylic acids is 2. The van der Waals surface area contributed by atoms with Crippen LogP contribution in [0.15, 0.2) is 42.5 Å². The first-order valence-electron chi connectivity index (χ1n) is 11.1. The van der Waals surface area contributed by atoms with Crippen molar-refractivity contribution in [3.8, 4) is 5.75 Å². The van der Waals surface area contributed by atoms with E-state index in [1.165, 1.54) is 14.0 Å². The molecule has 37 heavy (non-hydrogen) atoms. The minimum Gasteiger partial charge on any atom is -0.497 e. The Bertz CT molecular complexity index is 1240. The second-order valence-electron chi connectivity index (χ2n) is 8.65. The highest BCUT2D eigenvalue weighted by Crippen LogP contribution is 2.36. The summed E-state index contributed by atoms with van der Waals surface area (Å²) in [4.78, 5) is 27.4. The van der Waals surface area contributed by atoms with Gasteiger partial charge in [-0.25, -0.2) is 8.42 Å². The quantitative estimate of drug-likeness (QED) is 0.470. The van der Waals surface area contributed by atoms with Crippen LogP contribution in [-0.2, 0) is 32.3 Å². The largest absolute Gasteiger partial charge is 0.497 e. The number of hydrogen-bond acceptors (Lipinski definition) is 5. The van der Waals surface area contributed by atoms with Gasteiger partial charge in [-0.05, 0) is 56.7 Å². The lowest BCUT2D eigenvalue weighted by molar-refractivity contribution is -0.139. The van der Waals surface area contributed by atoms with E-state index in [-0.39, 0.29) is 17.6 Å². The molecule has 0 saturated carbocycles. The molecule has 0 fully saturated rings. The summed E-state index contributed by atoms with van der Waals surface area (Å²) in [7, 11) is -2.80. The summed E-state index contributed by atoms with van der Waals surface area (Å²) in [6.07, 6.45) is -4.02. The van der Waals surface area contributed by atoms with Crippen molar-refractivity contribution < 1.29 is 35.9 Å².